The Morgan fingerprint density at radius 3 is 2.65 bits per heavy atom. The number of aromatic nitrogens is 4. The number of nitrogens with zero attached hydrogens (tertiary/aromatic N) is 4. The molecule has 23 heavy (non-hydrogen) atoms. The van der Waals surface area contributed by atoms with Crippen molar-refractivity contribution in [2.45, 2.75) is 13.5 Å². The van der Waals surface area contributed by atoms with Crippen LogP contribution in [-0.2, 0) is 13.6 Å². The molecule has 7 nitrogen and oxygen atoms in total. The second kappa shape index (κ2) is 5.42. The fourth-order valence-electron chi connectivity index (χ4n) is 2.71. The van der Waals surface area contributed by atoms with Gasteiger partial charge < -0.3 is 4.90 Å². The minimum Gasteiger partial charge on any atom is -0.348 e. The molecule has 120 valence electrons. The van der Waals surface area contributed by atoms with Crippen LogP contribution in [0.1, 0.15) is 11.1 Å². The molecule has 0 bridgehead atoms. The molecule has 1 aromatic carbocycles. The summed E-state index contributed by atoms with van der Waals surface area (Å²) >= 11 is 0. The van der Waals surface area contributed by atoms with Crippen molar-refractivity contribution >= 4 is 17.1 Å². The van der Waals surface area contributed by atoms with E-state index in [1.165, 1.54) is 4.57 Å². The van der Waals surface area contributed by atoms with Gasteiger partial charge in [-0.3, -0.25) is 18.9 Å². The van der Waals surface area contributed by atoms with Crippen LogP contribution in [0.5, 0.6) is 0 Å². The number of fused-ring (bicyclic) bond motifs is 1. The van der Waals surface area contributed by atoms with Crippen LogP contribution in [0.25, 0.3) is 11.2 Å². The number of anilines is 1. The predicted octanol–water partition coefficient (Wildman–Crippen LogP) is 0.846. The van der Waals surface area contributed by atoms with E-state index in [0.717, 1.165) is 11.1 Å². The number of hydrogen-bond donors (Lipinski definition) is 1. The van der Waals surface area contributed by atoms with E-state index in [1.54, 1.807) is 7.05 Å². The minimum absolute atomic E-state index is 0.384. The highest BCUT2D eigenvalue weighted by molar-refractivity contribution is 5.74. The van der Waals surface area contributed by atoms with Crippen molar-refractivity contribution in [3.63, 3.8) is 0 Å². The maximum atomic E-state index is 12.3. The van der Waals surface area contributed by atoms with Crippen molar-refractivity contribution < 1.29 is 0 Å². The third kappa shape index (κ3) is 2.54. The summed E-state index contributed by atoms with van der Waals surface area (Å²) in [7, 11) is 5.32. The van der Waals surface area contributed by atoms with Gasteiger partial charge >= 0.3 is 5.69 Å². The highest BCUT2D eigenvalue weighted by atomic mass is 16.2. The lowest BCUT2D eigenvalue weighted by atomic mass is 10.1. The van der Waals surface area contributed by atoms with Crippen LogP contribution in [0.4, 0.5) is 5.95 Å². The topological polar surface area (TPSA) is 75.9 Å². The normalized spacial score (nSPS) is 11.1. The van der Waals surface area contributed by atoms with Crippen molar-refractivity contribution in [1.29, 1.82) is 0 Å². The van der Waals surface area contributed by atoms with Gasteiger partial charge in [0.1, 0.15) is 0 Å². The molecule has 0 fully saturated rings. The highest BCUT2D eigenvalue weighted by Gasteiger charge is 2.18. The second-order valence-corrected chi connectivity index (χ2v) is 5.87. The van der Waals surface area contributed by atoms with Crippen LogP contribution in [-0.4, -0.2) is 33.2 Å². The Hall–Kier alpha value is -2.83. The molecule has 1 N–H and O–H groups in total. The first kappa shape index (κ1) is 15.1. The van der Waals surface area contributed by atoms with Crippen LogP contribution in [0, 0.1) is 6.92 Å². The number of aryl methyl sites for hydroxylation is 2. The zero-order chi connectivity index (χ0) is 16.7. The summed E-state index contributed by atoms with van der Waals surface area (Å²) in [5, 5.41) is 0. The molecule has 0 radical (unpaired) electrons. The maximum absolute atomic E-state index is 12.3. The zero-order valence-electron chi connectivity index (χ0n) is 13.6. The first-order valence-electron chi connectivity index (χ1n) is 7.31. The monoisotopic (exact) mass is 313 g/mol. The molecule has 0 saturated heterocycles. The number of H-pyrrole nitrogens is 1. The number of nitrogens with one attached hydrogen (secondary N) is 1. The van der Waals surface area contributed by atoms with Gasteiger partial charge in [-0.25, -0.2) is 4.79 Å². The van der Waals surface area contributed by atoms with Crippen molar-refractivity contribution in [3.8, 4) is 0 Å². The van der Waals surface area contributed by atoms with Gasteiger partial charge in [0.05, 0.1) is 6.54 Å². The van der Waals surface area contributed by atoms with Crippen molar-refractivity contribution in [2.75, 3.05) is 19.0 Å². The summed E-state index contributed by atoms with van der Waals surface area (Å²) < 4.78 is 3.19. The molecular formula is C16H19N5O2. The largest absolute Gasteiger partial charge is 0.348 e. The van der Waals surface area contributed by atoms with Crippen LogP contribution >= 0.6 is 0 Å². The van der Waals surface area contributed by atoms with Gasteiger partial charge in [0.2, 0.25) is 5.95 Å². The van der Waals surface area contributed by atoms with E-state index in [2.05, 4.69) is 16.0 Å². The van der Waals surface area contributed by atoms with E-state index in [9.17, 15) is 9.59 Å². The highest BCUT2D eigenvalue weighted by Crippen LogP contribution is 2.19. The molecule has 3 aromatic rings. The van der Waals surface area contributed by atoms with Crippen LogP contribution in [0.2, 0.25) is 0 Å². The Balaban J connectivity index is 2.30. The zero-order valence-corrected chi connectivity index (χ0v) is 13.6. The maximum Gasteiger partial charge on any atom is 0.329 e. The number of imidazole rings is 1. The molecule has 0 aliphatic rings. The molecule has 0 spiro atoms. The molecule has 2 aromatic heterocycles. The number of rotatable bonds is 3. The lowest BCUT2D eigenvalue weighted by Crippen LogP contribution is -2.29. The Kier molecular flexibility index (Phi) is 3.55. The van der Waals surface area contributed by atoms with Crippen molar-refractivity contribution in [1.82, 2.24) is 19.1 Å². The van der Waals surface area contributed by atoms with Crippen LogP contribution in [0.3, 0.4) is 0 Å². The number of hydrogen-bond acceptors (Lipinski definition) is 4. The Morgan fingerprint density at radius 1 is 1.26 bits per heavy atom. The first-order valence-corrected chi connectivity index (χ1v) is 7.31. The molecule has 0 unspecified atom stereocenters. The summed E-state index contributed by atoms with van der Waals surface area (Å²) in [5.41, 5.74) is 2.12. The Labute approximate surface area is 132 Å². The van der Waals surface area contributed by atoms with Gasteiger partial charge in [-0.15, -0.1) is 0 Å². The Morgan fingerprint density at radius 2 is 2.00 bits per heavy atom. The molecule has 0 aliphatic heterocycles. The summed E-state index contributed by atoms with van der Waals surface area (Å²) in [4.78, 5) is 32.8. The predicted molar refractivity (Wildman–Crippen MR) is 90.2 cm³/mol. The summed E-state index contributed by atoms with van der Waals surface area (Å²) in [6, 6.07) is 8.09. The smallest absolute Gasteiger partial charge is 0.329 e. The average Bonchev–Trinajstić information content (AvgIpc) is 2.85. The average molecular weight is 313 g/mol. The van der Waals surface area contributed by atoms with E-state index in [4.69, 9.17) is 0 Å². The van der Waals surface area contributed by atoms with Gasteiger partial charge in [0.15, 0.2) is 11.2 Å². The van der Waals surface area contributed by atoms with Gasteiger partial charge in [-0.05, 0) is 12.5 Å². The fraction of sp³-hybridized carbons (Fsp3) is 0.312. The second-order valence-electron chi connectivity index (χ2n) is 5.87. The third-order valence-electron chi connectivity index (χ3n) is 3.81. The van der Waals surface area contributed by atoms with Crippen molar-refractivity contribution in [2.24, 2.45) is 7.05 Å². The number of benzene rings is 1. The minimum atomic E-state index is -0.465. The molecule has 0 saturated carbocycles. The quantitative estimate of drug-likeness (QED) is 0.777. The van der Waals surface area contributed by atoms with Crippen LogP contribution < -0.4 is 16.1 Å². The van der Waals surface area contributed by atoms with E-state index >= 15 is 0 Å². The summed E-state index contributed by atoms with van der Waals surface area (Å²) in [6.07, 6.45) is 0. The molecule has 3 rings (SSSR count). The molecule has 0 aliphatic carbocycles. The molecule has 2 heterocycles. The van der Waals surface area contributed by atoms with Gasteiger partial charge in [0.25, 0.3) is 5.56 Å². The van der Waals surface area contributed by atoms with E-state index in [1.807, 2.05) is 48.7 Å². The molecule has 0 amide bonds. The van der Waals surface area contributed by atoms with Crippen LogP contribution in [0.15, 0.2) is 33.9 Å². The lowest BCUT2D eigenvalue weighted by molar-refractivity contribution is 0.792. The molecule has 7 heteroatoms. The Bertz CT molecular complexity index is 994. The van der Waals surface area contributed by atoms with Crippen molar-refractivity contribution in [3.05, 3.63) is 56.2 Å². The van der Waals surface area contributed by atoms with Gasteiger partial charge in [0, 0.05) is 21.1 Å². The fourth-order valence-corrected chi connectivity index (χ4v) is 2.71. The van der Waals surface area contributed by atoms with E-state index in [0.29, 0.717) is 23.7 Å². The summed E-state index contributed by atoms with van der Waals surface area (Å²) in [6.45, 7) is 2.53. The standard InChI is InChI=1S/C16H19N5O2/c1-10-6-5-7-11(8-10)9-21-12-13(17-15(21)19(2)3)20(4)16(23)18-14(12)22/h5-8H,9H2,1-4H3,(H,18,22,23). The molecule has 0 atom stereocenters. The lowest BCUT2D eigenvalue weighted by Gasteiger charge is -2.14. The van der Waals surface area contributed by atoms with E-state index in [-0.39, 0.29) is 0 Å². The number of aromatic amines is 1. The summed E-state index contributed by atoms with van der Waals surface area (Å²) in [5.74, 6) is 0.633. The third-order valence-corrected chi connectivity index (χ3v) is 3.81. The van der Waals surface area contributed by atoms with Gasteiger partial charge in [-0.2, -0.15) is 4.98 Å². The van der Waals surface area contributed by atoms with E-state index < -0.39 is 11.2 Å². The molecular weight excluding hydrogens is 294 g/mol. The van der Waals surface area contributed by atoms with Gasteiger partial charge in [-0.1, -0.05) is 29.8 Å². The first-order chi connectivity index (χ1) is 10.9. The SMILES string of the molecule is Cc1cccc(Cn2c(N(C)C)nc3c2c(=O)[nH]c(=O)n3C)c1.